The molecule has 3 aromatic rings. The van der Waals surface area contributed by atoms with Crippen LogP contribution in [0, 0.1) is 5.92 Å². The number of H-pyrrole nitrogens is 1. The van der Waals surface area contributed by atoms with Crippen molar-refractivity contribution in [2.24, 2.45) is 11.0 Å². The summed E-state index contributed by atoms with van der Waals surface area (Å²) in [6.45, 7) is 6.10. The molecule has 0 bridgehead atoms. The summed E-state index contributed by atoms with van der Waals surface area (Å²) in [7, 11) is 0. The average Bonchev–Trinajstić information content (AvgIpc) is 3.72. The number of nitrogens with one attached hydrogen (secondary N) is 1. The Morgan fingerprint density at radius 2 is 1.78 bits per heavy atom. The fourth-order valence-electron chi connectivity index (χ4n) is 6.68. The van der Waals surface area contributed by atoms with Gasteiger partial charge in [0, 0.05) is 47.8 Å². The molecule has 2 aliphatic heterocycles. The summed E-state index contributed by atoms with van der Waals surface area (Å²) >= 11 is 0. The molecule has 6 rings (SSSR count). The predicted octanol–water partition coefficient (Wildman–Crippen LogP) is 5.71. The third-order valence-corrected chi connectivity index (χ3v) is 9.14. The van der Waals surface area contributed by atoms with E-state index in [4.69, 9.17) is 14.4 Å². The van der Waals surface area contributed by atoms with Crippen molar-refractivity contribution in [2.45, 2.75) is 90.4 Å². The fourth-order valence-corrected chi connectivity index (χ4v) is 6.68. The monoisotopic (exact) mass is 611 g/mol. The molecule has 0 saturated heterocycles. The van der Waals surface area contributed by atoms with Gasteiger partial charge in [-0.15, -0.1) is 0 Å². The van der Waals surface area contributed by atoms with Crippen LogP contribution in [-0.4, -0.2) is 62.9 Å². The molecule has 0 radical (unpaired) electrons. The zero-order chi connectivity index (χ0) is 31.5. The van der Waals surface area contributed by atoms with Crippen LogP contribution in [-0.2, 0) is 20.7 Å². The fraction of sp³-hybridized carbons (Fsp3) is 0.457. The Hall–Kier alpha value is -4.31. The van der Waals surface area contributed by atoms with Crippen molar-refractivity contribution in [3.05, 3.63) is 75.9 Å². The van der Waals surface area contributed by atoms with Crippen LogP contribution in [0.5, 0.6) is 0 Å². The van der Waals surface area contributed by atoms with Gasteiger partial charge in [-0.1, -0.05) is 80.9 Å². The summed E-state index contributed by atoms with van der Waals surface area (Å²) in [5.74, 6) is -0.00636. The van der Waals surface area contributed by atoms with Gasteiger partial charge in [0.25, 0.3) is 5.91 Å². The number of benzene rings is 2. The maximum atomic E-state index is 14.4. The van der Waals surface area contributed by atoms with Gasteiger partial charge in [0.1, 0.15) is 12.8 Å². The number of hydrogen-bond donors (Lipinski definition) is 1. The van der Waals surface area contributed by atoms with E-state index in [-0.39, 0.29) is 42.5 Å². The van der Waals surface area contributed by atoms with Crippen LogP contribution in [0.25, 0.3) is 22.5 Å². The van der Waals surface area contributed by atoms with Gasteiger partial charge in [0.05, 0.1) is 6.10 Å². The number of fused-ring (bicyclic) bond motifs is 1. The highest BCUT2D eigenvalue weighted by Crippen LogP contribution is 2.39. The van der Waals surface area contributed by atoms with Gasteiger partial charge in [-0.3, -0.25) is 19.1 Å². The molecule has 1 atom stereocenters. The number of carbonyl (C=O) groups excluding carboxylic acids is 2. The molecule has 1 unspecified atom stereocenters. The van der Waals surface area contributed by atoms with Crippen LogP contribution in [0.4, 0.5) is 0 Å². The van der Waals surface area contributed by atoms with Crippen molar-refractivity contribution in [2.75, 3.05) is 6.61 Å². The van der Waals surface area contributed by atoms with E-state index in [9.17, 15) is 14.4 Å². The zero-order valence-electron chi connectivity index (χ0n) is 26.2. The van der Waals surface area contributed by atoms with Crippen molar-refractivity contribution in [3.8, 4) is 22.5 Å². The zero-order valence-corrected chi connectivity index (χ0v) is 26.2. The third-order valence-electron chi connectivity index (χ3n) is 9.14. The number of ketones is 1. The van der Waals surface area contributed by atoms with E-state index in [0.29, 0.717) is 12.2 Å². The molecule has 1 saturated carbocycles. The van der Waals surface area contributed by atoms with E-state index < -0.39 is 5.76 Å². The summed E-state index contributed by atoms with van der Waals surface area (Å²) in [5, 5.41) is 10.7. The van der Waals surface area contributed by atoms with Crippen molar-refractivity contribution in [1.29, 1.82) is 0 Å². The molecule has 1 amide bonds. The summed E-state index contributed by atoms with van der Waals surface area (Å²) < 4.78 is 10.7. The van der Waals surface area contributed by atoms with Gasteiger partial charge >= 0.3 is 5.76 Å². The number of carbonyl (C=O) groups is 2. The second-order valence-electron chi connectivity index (χ2n) is 12.5. The maximum absolute atomic E-state index is 14.4. The van der Waals surface area contributed by atoms with Crippen LogP contribution in [0.2, 0.25) is 0 Å². The molecule has 10 heteroatoms. The predicted molar refractivity (Wildman–Crippen MR) is 171 cm³/mol. The first kappa shape index (κ1) is 30.7. The van der Waals surface area contributed by atoms with Gasteiger partial charge in [0.15, 0.2) is 11.6 Å². The van der Waals surface area contributed by atoms with Crippen LogP contribution in [0.3, 0.4) is 0 Å². The van der Waals surface area contributed by atoms with Crippen LogP contribution in [0.15, 0.2) is 74.2 Å². The van der Waals surface area contributed by atoms with E-state index in [1.165, 1.54) is 0 Å². The summed E-state index contributed by atoms with van der Waals surface area (Å²) in [6, 6.07) is 16.0. The van der Waals surface area contributed by atoms with E-state index in [2.05, 4.69) is 39.1 Å². The van der Waals surface area contributed by atoms with Gasteiger partial charge in [-0.05, 0) is 48.8 Å². The van der Waals surface area contributed by atoms with Crippen LogP contribution < -0.4 is 5.76 Å². The number of aromatic nitrogens is 2. The molecule has 45 heavy (non-hydrogen) atoms. The Bertz CT molecular complexity index is 1640. The lowest BCUT2D eigenvalue weighted by Gasteiger charge is -2.47. The highest BCUT2D eigenvalue weighted by atomic mass is 16.5. The summed E-state index contributed by atoms with van der Waals surface area (Å²) in [4.78, 5) is 42.8. The first-order chi connectivity index (χ1) is 21.8. The Kier molecular flexibility index (Phi) is 9.11. The molecule has 236 valence electrons. The molecule has 3 heterocycles. The average molecular weight is 612 g/mol. The summed E-state index contributed by atoms with van der Waals surface area (Å²) in [6.07, 6.45) is 8.19. The van der Waals surface area contributed by atoms with Gasteiger partial charge in [-0.25, -0.2) is 9.80 Å². The van der Waals surface area contributed by atoms with E-state index in [1.54, 1.807) is 0 Å². The maximum Gasteiger partial charge on any atom is 0.439 e. The first-order valence-corrected chi connectivity index (χ1v) is 16.1. The molecular formula is C35H41N5O5. The molecule has 0 spiro atoms. The highest BCUT2D eigenvalue weighted by Gasteiger charge is 2.44. The number of amides is 1. The molecule has 1 fully saturated rings. The van der Waals surface area contributed by atoms with E-state index in [1.807, 2.05) is 56.5 Å². The number of allylic oxidation sites excluding steroid dienone is 1. The second kappa shape index (κ2) is 13.4. The number of nitrogens with zero attached hydrogens (tertiary/aromatic N) is 4. The number of aromatic amines is 1. The standard InChI is InChI=1S/C35H41N5O5/c1-4-7-30-29(20-23-10-12-24(13-11-23)27-8-5-6-9-28(27)33-37-35(43)45-38-33)34(42)39(32-18-19-36-40(30)32)25-14-16-26(17-15-25)44-21-31(41)22(2)3/h5-6,8-13,19,22,25-26,32H,4,7,14-18,20-21H2,1-3H3,(H,37,38,43)/t25-,26-,32?. The molecule has 1 aliphatic carbocycles. The van der Waals surface area contributed by atoms with Crippen molar-refractivity contribution >= 4 is 17.9 Å². The largest absolute Gasteiger partial charge is 0.439 e. The number of hydrogen-bond acceptors (Lipinski definition) is 8. The van der Waals surface area contributed by atoms with Crippen molar-refractivity contribution < 1.29 is 18.8 Å². The SMILES string of the molecule is CCCC1=C(Cc2ccc(-c3ccccc3-c3noc(=O)[nH]3)cc2)C(=O)N([C@H]2CC[C@H](OCC(=O)C(C)C)CC2)C2CC=NN12. The molecule has 10 nitrogen and oxygen atoms in total. The Morgan fingerprint density at radius 1 is 1.04 bits per heavy atom. The minimum atomic E-state index is -0.596. The number of rotatable bonds is 11. The number of hydrazone groups is 1. The first-order valence-electron chi connectivity index (χ1n) is 16.1. The smallest absolute Gasteiger partial charge is 0.370 e. The Morgan fingerprint density at radius 3 is 2.44 bits per heavy atom. The van der Waals surface area contributed by atoms with E-state index >= 15 is 0 Å². The van der Waals surface area contributed by atoms with Crippen molar-refractivity contribution in [1.82, 2.24) is 20.0 Å². The summed E-state index contributed by atoms with van der Waals surface area (Å²) in [5.41, 5.74) is 5.52. The van der Waals surface area contributed by atoms with Crippen LogP contribution in [0.1, 0.15) is 71.3 Å². The topological polar surface area (TPSA) is 121 Å². The highest BCUT2D eigenvalue weighted by molar-refractivity contribution is 5.96. The second-order valence-corrected chi connectivity index (χ2v) is 12.5. The molecule has 1 N–H and O–H groups in total. The van der Waals surface area contributed by atoms with Gasteiger partial charge in [0.2, 0.25) is 0 Å². The molecule has 2 aromatic carbocycles. The minimum absolute atomic E-state index is 0.0265. The lowest BCUT2D eigenvalue weighted by Crippen LogP contribution is -2.57. The number of ether oxygens (including phenoxy) is 1. The minimum Gasteiger partial charge on any atom is -0.370 e. The quantitative estimate of drug-likeness (QED) is 0.295. The van der Waals surface area contributed by atoms with E-state index in [0.717, 1.165) is 78.5 Å². The Labute approximate surface area is 263 Å². The third kappa shape index (κ3) is 6.42. The molecule has 3 aliphatic rings. The molecular weight excluding hydrogens is 570 g/mol. The molecule has 1 aromatic heterocycles. The lowest BCUT2D eigenvalue weighted by molar-refractivity contribution is -0.141. The number of Topliss-reactive ketones (excluding diaryl/α,β-unsaturated/α-hetero) is 1. The lowest BCUT2D eigenvalue weighted by atomic mass is 9.88. The normalized spacial score (nSPS) is 21.6. The Balaban J connectivity index is 1.21. The van der Waals surface area contributed by atoms with Gasteiger partial charge in [-0.2, -0.15) is 5.10 Å². The van der Waals surface area contributed by atoms with Crippen LogP contribution >= 0.6 is 0 Å². The van der Waals surface area contributed by atoms with Crippen molar-refractivity contribution in [3.63, 3.8) is 0 Å². The van der Waals surface area contributed by atoms with Gasteiger partial charge < -0.3 is 9.64 Å².